The molecule has 0 saturated carbocycles. The largest absolute Gasteiger partial charge is 0.346 e. The minimum Gasteiger partial charge on any atom is -0.346 e. The van der Waals surface area contributed by atoms with Crippen LogP contribution in [0.4, 0.5) is 0 Å². The van der Waals surface area contributed by atoms with E-state index >= 15 is 0 Å². The highest BCUT2D eigenvalue weighted by atomic mass is 35.5. The predicted molar refractivity (Wildman–Crippen MR) is 109 cm³/mol. The number of amides is 1. The van der Waals surface area contributed by atoms with Crippen molar-refractivity contribution in [1.29, 1.82) is 5.41 Å². The number of hydrogen-bond acceptors (Lipinski definition) is 3. The van der Waals surface area contributed by atoms with Crippen LogP contribution in [0.1, 0.15) is 23.7 Å². The Kier molecular flexibility index (Phi) is 5.99. The van der Waals surface area contributed by atoms with E-state index in [2.05, 4.69) is 0 Å². The maximum absolute atomic E-state index is 12.7. The van der Waals surface area contributed by atoms with Crippen molar-refractivity contribution < 1.29 is 9.59 Å². The Morgan fingerprint density at radius 2 is 1.79 bits per heavy atom. The molecular formula is C21H23ClN4O2. The lowest BCUT2D eigenvalue weighted by Gasteiger charge is -2.14. The number of nitrogens with one attached hydrogen (secondary N) is 1. The second-order valence-corrected chi connectivity index (χ2v) is 7.16. The molecule has 0 fully saturated rings. The number of Topliss-reactive ketones (excluding diaryl/α,β-unsaturated/α-hetero) is 1. The van der Waals surface area contributed by atoms with Crippen LogP contribution in [0.5, 0.6) is 0 Å². The van der Waals surface area contributed by atoms with E-state index in [9.17, 15) is 9.59 Å². The minimum atomic E-state index is -0.0607. The van der Waals surface area contributed by atoms with Gasteiger partial charge in [0.25, 0.3) is 0 Å². The second kappa shape index (κ2) is 8.44. The molecular weight excluding hydrogens is 376 g/mol. The number of ketones is 1. The van der Waals surface area contributed by atoms with Crippen LogP contribution in [0.15, 0.2) is 48.5 Å². The predicted octanol–water partition coefficient (Wildman–Crippen LogP) is 3.33. The van der Waals surface area contributed by atoms with Crippen molar-refractivity contribution in [2.75, 3.05) is 13.6 Å². The molecule has 3 rings (SSSR count). The Balaban J connectivity index is 1.94. The first-order valence-corrected chi connectivity index (χ1v) is 9.50. The first-order valence-electron chi connectivity index (χ1n) is 9.12. The van der Waals surface area contributed by atoms with Crippen LogP contribution < -0.4 is 5.62 Å². The Morgan fingerprint density at radius 3 is 2.46 bits per heavy atom. The molecule has 6 nitrogen and oxygen atoms in total. The number of aryl methyl sites for hydroxylation is 1. The van der Waals surface area contributed by atoms with Crippen molar-refractivity contribution in [1.82, 2.24) is 14.0 Å². The number of fused-ring (bicyclic) bond motifs is 1. The van der Waals surface area contributed by atoms with Gasteiger partial charge in [0.15, 0.2) is 5.78 Å². The number of rotatable bonds is 7. The molecule has 1 amide bonds. The van der Waals surface area contributed by atoms with Gasteiger partial charge in [0.05, 0.1) is 22.6 Å². The average molecular weight is 399 g/mol. The van der Waals surface area contributed by atoms with Crippen molar-refractivity contribution in [2.24, 2.45) is 0 Å². The summed E-state index contributed by atoms with van der Waals surface area (Å²) in [6.07, 6.45) is 0.684. The Morgan fingerprint density at radius 1 is 1.07 bits per heavy atom. The topological polar surface area (TPSA) is 71.1 Å². The molecule has 0 saturated heterocycles. The monoisotopic (exact) mass is 398 g/mol. The van der Waals surface area contributed by atoms with Crippen LogP contribution in [0, 0.1) is 5.41 Å². The standard InChI is InChI=1S/C21H23ClN4O2/c1-15(27)24(2)12-7-13-25-20-17(22)10-6-11-18(20)26(21(25)23)14-19(28)16-8-4-3-5-9-16/h3-6,8-11,23H,7,12-14H2,1-2H3. The third-order valence-electron chi connectivity index (χ3n) is 4.85. The van der Waals surface area contributed by atoms with E-state index in [4.69, 9.17) is 17.0 Å². The number of carbonyl (C=O) groups is 2. The highest BCUT2D eigenvalue weighted by Gasteiger charge is 2.16. The summed E-state index contributed by atoms with van der Waals surface area (Å²) < 4.78 is 3.50. The van der Waals surface area contributed by atoms with Crippen molar-refractivity contribution >= 4 is 34.3 Å². The summed E-state index contributed by atoms with van der Waals surface area (Å²) in [5.41, 5.74) is 2.32. The summed E-state index contributed by atoms with van der Waals surface area (Å²) in [5.74, 6) is -0.0561. The Labute approximate surface area is 168 Å². The van der Waals surface area contributed by atoms with E-state index in [1.807, 2.05) is 34.9 Å². The molecule has 28 heavy (non-hydrogen) atoms. The van der Waals surface area contributed by atoms with Gasteiger partial charge in [0, 0.05) is 32.6 Å². The number of carbonyl (C=O) groups excluding carboxylic acids is 2. The van der Waals surface area contributed by atoms with Crippen LogP contribution in [0.2, 0.25) is 5.02 Å². The van der Waals surface area contributed by atoms with Gasteiger partial charge in [0.1, 0.15) is 0 Å². The molecule has 0 bridgehead atoms. The first-order chi connectivity index (χ1) is 13.4. The summed E-state index contributed by atoms with van der Waals surface area (Å²) in [7, 11) is 1.75. The molecule has 1 N–H and O–H groups in total. The molecule has 0 radical (unpaired) electrons. The molecule has 0 aliphatic rings. The number of aromatic nitrogens is 2. The van der Waals surface area contributed by atoms with Crippen LogP contribution in [0.3, 0.4) is 0 Å². The molecule has 0 spiro atoms. The van der Waals surface area contributed by atoms with Gasteiger partial charge < -0.3 is 14.0 Å². The molecule has 1 aromatic heterocycles. The van der Waals surface area contributed by atoms with Crippen LogP contribution >= 0.6 is 11.6 Å². The fraction of sp³-hybridized carbons (Fsp3) is 0.286. The number of halogens is 1. The average Bonchev–Trinajstić information content (AvgIpc) is 2.95. The number of hydrogen-bond donors (Lipinski definition) is 1. The zero-order chi connectivity index (χ0) is 20.3. The smallest absolute Gasteiger partial charge is 0.219 e. The number of benzene rings is 2. The van der Waals surface area contributed by atoms with Crippen molar-refractivity contribution in [3.05, 3.63) is 64.7 Å². The molecule has 0 aliphatic carbocycles. The molecule has 146 valence electrons. The van der Waals surface area contributed by atoms with Gasteiger partial charge in [-0.05, 0) is 18.6 Å². The summed E-state index contributed by atoms with van der Waals surface area (Å²) >= 11 is 6.43. The van der Waals surface area contributed by atoms with Gasteiger partial charge >= 0.3 is 0 Å². The van der Waals surface area contributed by atoms with Gasteiger partial charge in [-0.1, -0.05) is 48.0 Å². The third kappa shape index (κ3) is 4.02. The summed E-state index contributed by atoms with van der Waals surface area (Å²) in [6, 6.07) is 14.5. The minimum absolute atomic E-state index is 0.00464. The first kappa shape index (κ1) is 19.9. The fourth-order valence-corrected chi connectivity index (χ4v) is 3.49. The molecule has 1 heterocycles. The number of nitrogens with zero attached hydrogens (tertiary/aromatic N) is 3. The van der Waals surface area contributed by atoms with Crippen molar-refractivity contribution in [3.63, 3.8) is 0 Å². The summed E-state index contributed by atoms with van der Waals surface area (Å²) in [4.78, 5) is 25.7. The molecule has 0 atom stereocenters. The molecule has 0 aliphatic heterocycles. The maximum atomic E-state index is 12.7. The van der Waals surface area contributed by atoms with Crippen LogP contribution in [-0.2, 0) is 17.9 Å². The van der Waals surface area contributed by atoms with E-state index in [1.165, 1.54) is 6.92 Å². The van der Waals surface area contributed by atoms with Gasteiger partial charge in [-0.15, -0.1) is 0 Å². The lowest BCUT2D eigenvalue weighted by atomic mass is 10.1. The van der Waals surface area contributed by atoms with Gasteiger partial charge in [0.2, 0.25) is 11.5 Å². The third-order valence-corrected chi connectivity index (χ3v) is 5.15. The van der Waals surface area contributed by atoms with Gasteiger partial charge in [-0.25, -0.2) is 0 Å². The fourth-order valence-electron chi connectivity index (χ4n) is 3.21. The van der Waals surface area contributed by atoms with E-state index in [1.54, 1.807) is 34.7 Å². The normalized spacial score (nSPS) is 11.0. The number of para-hydroxylation sites is 1. The summed E-state index contributed by atoms with van der Waals surface area (Å²) in [5, 5.41) is 9.17. The van der Waals surface area contributed by atoms with E-state index in [0.29, 0.717) is 30.1 Å². The highest BCUT2D eigenvalue weighted by Crippen LogP contribution is 2.23. The second-order valence-electron chi connectivity index (χ2n) is 6.75. The lowest BCUT2D eigenvalue weighted by Crippen LogP contribution is -2.29. The van der Waals surface area contributed by atoms with Crippen molar-refractivity contribution in [2.45, 2.75) is 26.4 Å². The van der Waals surface area contributed by atoms with E-state index < -0.39 is 0 Å². The van der Waals surface area contributed by atoms with Gasteiger partial charge in [-0.2, -0.15) is 0 Å². The maximum Gasteiger partial charge on any atom is 0.219 e. The highest BCUT2D eigenvalue weighted by molar-refractivity contribution is 6.35. The molecule has 3 aromatic rings. The number of imidazole rings is 1. The Hall–Kier alpha value is -2.86. The van der Waals surface area contributed by atoms with Gasteiger partial charge in [-0.3, -0.25) is 15.0 Å². The molecule has 0 unspecified atom stereocenters. The Bertz CT molecular complexity index is 1070. The zero-order valence-corrected chi connectivity index (χ0v) is 16.7. The summed E-state index contributed by atoms with van der Waals surface area (Å²) in [6.45, 7) is 2.71. The zero-order valence-electron chi connectivity index (χ0n) is 16.0. The molecule has 7 heteroatoms. The molecule has 2 aromatic carbocycles. The lowest BCUT2D eigenvalue weighted by molar-refractivity contribution is -0.127. The quantitative estimate of drug-likeness (QED) is 0.620. The van der Waals surface area contributed by atoms with E-state index in [0.717, 1.165) is 11.0 Å². The van der Waals surface area contributed by atoms with Crippen LogP contribution in [-0.4, -0.2) is 39.3 Å². The van der Waals surface area contributed by atoms with Crippen LogP contribution in [0.25, 0.3) is 11.0 Å². The SMILES string of the molecule is CC(=O)N(C)CCCn1c(=N)n(CC(=O)c2ccccc2)c2cccc(Cl)c21. The van der Waals surface area contributed by atoms with Crippen molar-refractivity contribution in [3.8, 4) is 0 Å². The van der Waals surface area contributed by atoms with E-state index in [-0.39, 0.29) is 23.9 Å².